The van der Waals surface area contributed by atoms with Crippen LogP contribution in [0.3, 0.4) is 0 Å². The summed E-state index contributed by atoms with van der Waals surface area (Å²) in [5, 5.41) is 1.03. The van der Waals surface area contributed by atoms with E-state index < -0.39 is 0 Å². The molecule has 0 bridgehead atoms. The second-order valence-electron chi connectivity index (χ2n) is 4.11. The largest absolute Gasteiger partial charge is 0.493 e. The zero-order valence-corrected chi connectivity index (χ0v) is 12.7. The van der Waals surface area contributed by atoms with Crippen molar-refractivity contribution in [3.63, 3.8) is 0 Å². The Labute approximate surface area is 129 Å². The molecule has 3 rings (SSSR count). The second-order valence-corrected chi connectivity index (χ2v) is 6.20. The van der Waals surface area contributed by atoms with Crippen molar-refractivity contribution in [2.75, 3.05) is 23.8 Å². The van der Waals surface area contributed by atoms with Gasteiger partial charge in [0.05, 0.1) is 6.61 Å². The first-order valence-electron chi connectivity index (χ1n) is 6.22. The predicted octanol–water partition coefficient (Wildman–Crippen LogP) is 2.42. The molecule has 0 saturated carbocycles. The van der Waals surface area contributed by atoms with Crippen LogP contribution in [0.5, 0.6) is 5.75 Å². The summed E-state index contributed by atoms with van der Waals surface area (Å²) in [5.74, 6) is 1.99. The maximum Gasteiger partial charge on any atom is 0.191 e. The highest BCUT2D eigenvalue weighted by atomic mass is 32.2. The van der Waals surface area contributed by atoms with Gasteiger partial charge in [0, 0.05) is 5.75 Å². The van der Waals surface area contributed by atoms with Crippen LogP contribution in [0.25, 0.3) is 10.3 Å². The second kappa shape index (κ2) is 6.15. The molecule has 0 aliphatic rings. The first-order chi connectivity index (χ1) is 10.2. The number of thioether (sulfide) groups is 1. The van der Waals surface area contributed by atoms with Crippen molar-refractivity contribution in [2.45, 2.75) is 5.16 Å². The molecule has 4 N–H and O–H groups in total. The lowest BCUT2D eigenvalue weighted by Gasteiger charge is -2.05. The molecule has 108 valence electrons. The van der Waals surface area contributed by atoms with Gasteiger partial charge in [-0.2, -0.15) is 0 Å². The highest BCUT2D eigenvalue weighted by Gasteiger charge is 2.10. The Balaban J connectivity index is 1.60. The standard InChI is InChI=1S/C13H13N5OS2/c14-10-9-11(17-12(15)21-9)18-13(16-10)20-7-6-19-8-4-2-1-3-5-8/h1-5H,6-7H2,(H4,14,15,16,17,18). The van der Waals surface area contributed by atoms with Gasteiger partial charge >= 0.3 is 0 Å². The van der Waals surface area contributed by atoms with E-state index in [-0.39, 0.29) is 0 Å². The van der Waals surface area contributed by atoms with Crippen LogP contribution in [-0.2, 0) is 0 Å². The van der Waals surface area contributed by atoms with Gasteiger partial charge in [0.15, 0.2) is 15.9 Å². The zero-order chi connectivity index (χ0) is 14.7. The van der Waals surface area contributed by atoms with E-state index in [0.717, 1.165) is 16.2 Å². The third-order valence-electron chi connectivity index (χ3n) is 2.60. The Hall–Kier alpha value is -2.06. The molecular formula is C13H13N5OS2. The molecule has 0 amide bonds. The molecule has 6 nitrogen and oxygen atoms in total. The predicted molar refractivity (Wildman–Crippen MR) is 86.7 cm³/mol. The molecule has 3 aromatic rings. The molecule has 0 unspecified atom stereocenters. The fourth-order valence-corrected chi connectivity index (χ4v) is 3.05. The lowest BCUT2D eigenvalue weighted by molar-refractivity contribution is 0.344. The van der Waals surface area contributed by atoms with Crippen molar-refractivity contribution in [2.24, 2.45) is 0 Å². The Bertz CT molecular complexity index is 747. The average molecular weight is 319 g/mol. The van der Waals surface area contributed by atoms with E-state index in [9.17, 15) is 0 Å². The van der Waals surface area contributed by atoms with Crippen molar-refractivity contribution < 1.29 is 4.74 Å². The smallest absolute Gasteiger partial charge is 0.191 e. The number of nitrogen functional groups attached to an aromatic ring is 2. The van der Waals surface area contributed by atoms with Crippen molar-refractivity contribution >= 4 is 44.4 Å². The fourth-order valence-electron chi connectivity index (χ4n) is 1.71. The summed E-state index contributed by atoms with van der Waals surface area (Å²) >= 11 is 2.77. The summed E-state index contributed by atoms with van der Waals surface area (Å²) in [6, 6.07) is 9.67. The zero-order valence-electron chi connectivity index (χ0n) is 11.0. The molecule has 0 atom stereocenters. The molecule has 0 radical (unpaired) electrons. The Morgan fingerprint density at radius 2 is 1.90 bits per heavy atom. The van der Waals surface area contributed by atoms with E-state index in [0.29, 0.717) is 28.4 Å². The van der Waals surface area contributed by atoms with Crippen LogP contribution < -0.4 is 16.2 Å². The van der Waals surface area contributed by atoms with Gasteiger partial charge in [-0.15, -0.1) is 0 Å². The third kappa shape index (κ3) is 3.34. The normalized spacial score (nSPS) is 10.9. The van der Waals surface area contributed by atoms with E-state index in [1.807, 2.05) is 30.3 Å². The van der Waals surface area contributed by atoms with Crippen LogP contribution in [0, 0.1) is 0 Å². The summed E-state index contributed by atoms with van der Waals surface area (Å²) in [7, 11) is 0. The van der Waals surface area contributed by atoms with Gasteiger partial charge in [-0.3, -0.25) is 0 Å². The maximum atomic E-state index is 5.88. The average Bonchev–Trinajstić information content (AvgIpc) is 2.86. The number of anilines is 2. The number of ether oxygens (including phenoxy) is 1. The fraction of sp³-hybridized carbons (Fsp3) is 0.154. The topological polar surface area (TPSA) is 99.9 Å². The molecule has 0 aliphatic heterocycles. The van der Waals surface area contributed by atoms with Crippen molar-refractivity contribution in [1.82, 2.24) is 15.0 Å². The molecule has 0 aliphatic carbocycles. The molecular weight excluding hydrogens is 306 g/mol. The summed E-state index contributed by atoms with van der Waals surface area (Å²) in [4.78, 5) is 12.7. The van der Waals surface area contributed by atoms with Gasteiger partial charge < -0.3 is 16.2 Å². The van der Waals surface area contributed by atoms with Gasteiger partial charge in [-0.25, -0.2) is 15.0 Å². The van der Waals surface area contributed by atoms with Crippen LogP contribution >= 0.6 is 23.1 Å². The summed E-state index contributed by atoms with van der Waals surface area (Å²) in [5.41, 5.74) is 12.1. The monoisotopic (exact) mass is 319 g/mol. The first kappa shape index (κ1) is 13.9. The minimum atomic E-state index is 0.417. The summed E-state index contributed by atoms with van der Waals surface area (Å²) in [6.07, 6.45) is 0. The number of aromatic nitrogens is 3. The van der Waals surface area contributed by atoms with Crippen molar-refractivity contribution in [1.29, 1.82) is 0 Å². The molecule has 21 heavy (non-hydrogen) atoms. The van der Waals surface area contributed by atoms with Gasteiger partial charge in [0.25, 0.3) is 0 Å². The van der Waals surface area contributed by atoms with E-state index in [1.165, 1.54) is 23.1 Å². The number of nitrogens with two attached hydrogens (primary N) is 2. The lowest BCUT2D eigenvalue weighted by Crippen LogP contribution is -2.02. The highest BCUT2D eigenvalue weighted by molar-refractivity contribution is 7.99. The number of thiazole rings is 1. The number of benzene rings is 1. The minimum absolute atomic E-state index is 0.417. The van der Waals surface area contributed by atoms with Crippen LogP contribution in [0.15, 0.2) is 35.5 Å². The number of nitrogens with zero attached hydrogens (tertiary/aromatic N) is 3. The Morgan fingerprint density at radius 3 is 2.71 bits per heavy atom. The Kier molecular flexibility index (Phi) is 4.07. The van der Waals surface area contributed by atoms with Crippen LogP contribution in [0.1, 0.15) is 0 Å². The SMILES string of the molecule is Nc1nc2nc(SCCOc3ccccc3)nc(N)c2s1. The first-order valence-corrected chi connectivity index (χ1v) is 8.03. The number of hydrogen-bond donors (Lipinski definition) is 2. The lowest BCUT2D eigenvalue weighted by atomic mass is 10.3. The maximum absolute atomic E-state index is 5.88. The van der Waals surface area contributed by atoms with Crippen LogP contribution in [0.2, 0.25) is 0 Å². The molecule has 2 heterocycles. The van der Waals surface area contributed by atoms with E-state index in [4.69, 9.17) is 16.2 Å². The van der Waals surface area contributed by atoms with Gasteiger partial charge in [-0.05, 0) is 12.1 Å². The number of para-hydroxylation sites is 1. The van der Waals surface area contributed by atoms with Gasteiger partial charge in [0.1, 0.15) is 16.3 Å². The van der Waals surface area contributed by atoms with E-state index >= 15 is 0 Å². The molecule has 0 saturated heterocycles. The number of rotatable bonds is 5. The van der Waals surface area contributed by atoms with Gasteiger partial charge in [-0.1, -0.05) is 41.3 Å². The molecule has 1 aromatic carbocycles. The number of fused-ring (bicyclic) bond motifs is 1. The van der Waals surface area contributed by atoms with Crippen molar-refractivity contribution in [3.8, 4) is 5.75 Å². The quantitative estimate of drug-likeness (QED) is 0.423. The van der Waals surface area contributed by atoms with Gasteiger partial charge in [0.2, 0.25) is 0 Å². The van der Waals surface area contributed by atoms with Crippen molar-refractivity contribution in [3.05, 3.63) is 30.3 Å². The molecule has 2 aromatic heterocycles. The van der Waals surface area contributed by atoms with E-state index in [1.54, 1.807) is 0 Å². The summed E-state index contributed by atoms with van der Waals surface area (Å²) in [6.45, 7) is 0.565. The Morgan fingerprint density at radius 1 is 1.10 bits per heavy atom. The number of hydrogen-bond acceptors (Lipinski definition) is 8. The molecule has 0 spiro atoms. The summed E-state index contributed by atoms with van der Waals surface area (Å²) < 4.78 is 6.34. The van der Waals surface area contributed by atoms with Crippen LogP contribution in [-0.4, -0.2) is 27.3 Å². The highest BCUT2D eigenvalue weighted by Crippen LogP contribution is 2.28. The molecule has 0 fully saturated rings. The van der Waals surface area contributed by atoms with E-state index in [2.05, 4.69) is 15.0 Å². The third-order valence-corrected chi connectivity index (χ3v) is 4.31. The minimum Gasteiger partial charge on any atom is -0.493 e. The van der Waals surface area contributed by atoms with Crippen LogP contribution in [0.4, 0.5) is 10.9 Å². The molecule has 8 heteroatoms.